The van der Waals surface area contributed by atoms with Crippen LogP contribution in [0, 0.1) is 11.6 Å². The fraction of sp³-hybridized carbons (Fsp3) is 0. The normalized spacial score (nSPS) is 9.93. The zero-order valence-corrected chi connectivity index (χ0v) is 15.1. The van der Waals surface area contributed by atoms with Gasteiger partial charge in [0, 0.05) is 17.2 Å². The van der Waals surface area contributed by atoms with Gasteiger partial charge in [-0.05, 0) is 28.8 Å². The Morgan fingerprint density at radius 1 is 0.571 bits per heavy atom. The standard InChI is InChI=1S/C13H8F2O.C12H10/c14-11-5-6-12(13(15)7-11)10-3-1-9(8-16)2-4-10;1-3-7-11(8-4-1)12-9-5-2-6-10-12/h1-8H;1-10H. The van der Waals surface area contributed by atoms with E-state index in [1.54, 1.807) is 24.3 Å². The van der Waals surface area contributed by atoms with Crippen molar-refractivity contribution >= 4 is 6.29 Å². The highest BCUT2D eigenvalue weighted by Crippen LogP contribution is 2.23. The third-order valence-corrected chi connectivity index (χ3v) is 4.17. The van der Waals surface area contributed by atoms with Crippen molar-refractivity contribution in [3.8, 4) is 22.3 Å². The summed E-state index contributed by atoms with van der Waals surface area (Å²) in [6, 6.07) is 30.6. The summed E-state index contributed by atoms with van der Waals surface area (Å²) in [4.78, 5) is 10.4. The highest BCUT2D eigenvalue weighted by Gasteiger charge is 2.05. The van der Waals surface area contributed by atoms with Gasteiger partial charge in [-0.2, -0.15) is 0 Å². The molecular weight excluding hydrogens is 354 g/mol. The molecule has 4 rings (SSSR count). The van der Waals surface area contributed by atoms with Crippen molar-refractivity contribution in [1.82, 2.24) is 0 Å². The fourth-order valence-electron chi connectivity index (χ4n) is 2.73. The third-order valence-electron chi connectivity index (χ3n) is 4.17. The molecule has 0 saturated carbocycles. The lowest BCUT2D eigenvalue weighted by atomic mass is 10.0. The van der Waals surface area contributed by atoms with Crippen LogP contribution in [0.2, 0.25) is 0 Å². The van der Waals surface area contributed by atoms with Crippen LogP contribution in [-0.2, 0) is 0 Å². The molecule has 0 spiro atoms. The quantitative estimate of drug-likeness (QED) is 0.362. The summed E-state index contributed by atoms with van der Waals surface area (Å²) in [5.41, 5.74) is 4.00. The molecule has 1 nitrogen and oxygen atoms in total. The van der Waals surface area contributed by atoms with E-state index in [4.69, 9.17) is 0 Å². The van der Waals surface area contributed by atoms with Gasteiger partial charge in [-0.3, -0.25) is 4.79 Å². The van der Waals surface area contributed by atoms with Gasteiger partial charge in [-0.1, -0.05) is 84.9 Å². The van der Waals surface area contributed by atoms with Gasteiger partial charge < -0.3 is 0 Å². The SMILES string of the molecule is O=Cc1ccc(-c2ccc(F)cc2F)cc1.c1ccc(-c2ccccc2)cc1. The molecule has 3 heteroatoms. The van der Waals surface area contributed by atoms with Crippen molar-refractivity contribution in [1.29, 1.82) is 0 Å². The van der Waals surface area contributed by atoms with Gasteiger partial charge in [-0.25, -0.2) is 8.78 Å². The Morgan fingerprint density at radius 3 is 1.57 bits per heavy atom. The lowest BCUT2D eigenvalue weighted by molar-refractivity contribution is 0.112. The number of carbonyl (C=O) groups excluding carboxylic acids is 1. The van der Waals surface area contributed by atoms with Crippen LogP contribution >= 0.6 is 0 Å². The van der Waals surface area contributed by atoms with Crippen LogP contribution in [0.15, 0.2) is 103 Å². The first-order chi connectivity index (χ1) is 13.7. The molecule has 0 fully saturated rings. The minimum atomic E-state index is -0.612. The molecule has 0 unspecified atom stereocenters. The second kappa shape index (κ2) is 9.38. The summed E-state index contributed by atoms with van der Waals surface area (Å²) in [6.07, 6.45) is 0.713. The van der Waals surface area contributed by atoms with Crippen molar-refractivity contribution in [2.45, 2.75) is 0 Å². The fourth-order valence-corrected chi connectivity index (χ4v) is 2.73. The smallest absolute Gasteiger partial charge is 0.150 e. The molecule has 0 atom stereocenters. The molecule has 0 aliphatic carbocycles. The highest BCUT2D eigenvalue weighted by molar-refractivity contribution is 5.77. The summed E-state index contributed by atoms with van der Waals surface area (Å²) in [7, 11) is 0. The number of rotatable bonds is 3. The maximum absolute atomic E-state index is 13.4. The lowest BCUT2D eigenvalue weighted by Crippen LogP contribution is -1.87. The van der Waals surface area contributed by atoms with Gasteiger partial charge >= 0.3 is 0 Å². The van der Waals surface area contributed by atoms with Gasteiger partial charge in [0.25, 0.3) is 0 Å². The van der Waals surface area contributed by atoms with Crippen LogP contribution in [0.3, 0.4) is 0 Å². The Hall–Kier alpha value is -3.59. The molecule has 0 aromatic heterocycles. The first-order valence-electron chi connectivity index (χ1n) is 8.78. The van der Waals surface area contributed by atoms with E-state index in [0.29, 0.717) is 23.0 Å². The zero-order chi connectivity index (χ0) is 19.8. The van der Waals surface area contributed by atoms with Gasteiger partial charge in [-0.15, -0.1) is 0 Å². The number of hydrogen-bond donors (Lipinski definition) is 0. The van der Waals surface area contributed by atoms with Crippen LogP contribution in [0.1, 0.15) is 10.4 Å². The minimum Gasteiger partial charge on any atom is -0.298 e. The zero-order valence-electron chi connectivity index (χ0n) is 15.1. The average Bonchev–Trinajstić information content (AvgIpc) is 2.76. The minimum absolute atomic E-state index is 0.318. The monoisotopic (exact) mass is 372 g/mol. The van der Waals surface area contributed by atoms with Crippen molar-refractivity contribution in [2.24, 2.45) is 0 Å². The first-order valence-corrected chi connectivity index (χ1v) is 8.78. The summed E-state index contributed by atoms with van der Waals surface area (Å²) >= 11 is 0. The van der Waals surface area contributed by atoms with E-state index in [9.17, 15) is 13.6 Å². The molecule has 28 heavy (non-hydrogen) atoms. The van der Waals surface area contributed by atoms with Gasteiger partial charge in [0.15, 0.2) is 0 Å². The highest BCUT2D eigenvalue weighted by atomic mass is 19.1. The molecule has 0 saturated heterocycles. The Morgan fingerprint density at radius 2 is 1.11 bits per heavy atom. The van der Waals surface area contributed by atoms with Gasteiger partial charge in [0.1, 0.15) is 17.9 Å². The van der Waals surface area contributed by atoms with E-state index in [0.717, 1.165) is 6.07 Å². The topological polar surface area (TPSA) is 17.1 Å². The molecule has 0 bridgehead atoms. The van der Waals surface area contributed by atoms with Crippen LogP contribution in [0.5, 0.6) is 0 Å². The number of aldehydes is 1. The second-order valence-corrected chi connectivity index (χ2v) is 6.10. The molecule has 0 heterocycles. The molecule has 0 aliphatic heterocycles. The molecule has 4 aromatic carbocycles. The van der Waals surface area contributed by atoms with E-state index in [1.807, 2.05) is 12.1 Å². The van der Waals surface area contributed by atoms with Crippen LogP contribution in [-0.4, -0.2) is 6.29 Å². The summed E-state index contributed by atoms with van der Waals surface area (Å²) in [5, 5.41) is 0. The van der Waals surface area contributed by atoms with E-state index >= 15 is 0 Å². The summed E-state index contributed by atoms with van der Waals surface area (Å²) in [6.45, 7) is 0. The Kier molecular flexibility index (Phi) is 6.42. The number of carbonyl (C=O) groups is 1. The Labute approximate surface area is 162 Å². The molecular formula is C25H18F2O. The number of halogens is 2. The van der Waals surface area contributed by atoms with E-state index in [1.165, 1.54) is 23.3 Å². The van der Waals surface area contributed by atoms with Gasteiger partial charge in [0.05, 0.1) is 0 Å². The van der Waals surface area contributed by atoms with Crippen LogP contribution in [0.25, 0.3) is 22.3 Å². The molecule has 4 aromatic rings. The van der Waals surface area contributed by atoms with Crippen molar-refractivity contribution in [3.05, 3.63) is 120 Å². The molecule has 0 radical (unpaired) electrons. The maximum atomic E-state index is 13.4. The first kappa shape index (κ1) is 19.2. The molecule has 138 valence electrons. The number of benzene rings is 4. The average molecular weight is 372 g/mol. The third kappa shape index (κ3) is 4.98. The van der Waals surface area contributed by atoms with Crippen molar-refractivity contribution in [2.75, 3.05) is 0 Å². The predicted octanol–water partition coefficient (Wildman–Crippen LogP) is 6.80. The van der Waals surface area contributed by atoms with E-state index in [2.05, 4.69) is 48.5 Å². The molecule has 0 N–H and O–H groups in total. The van der Waals surface area contributed by atoms with Crippen molar-refractivity contribution < 1.29 is 13.6 Å². The summed E-state index contributed by atoms with van der Waals surface area (Å²) < 4.78 is 26.1. The van der Waals surface area contributed by atoms with Crippen LogP contribution < -0.4 is 0 Å². The van der Waals surface area contributed by atoms with Crippen LogP contribution in [0.4, 0.5) is 8.78 Å². The number of hydrogen-bond acceptors (Lipinski definition) is 1. The predicted molar refractivity (Wildman–Crippen MR) is 109 cm³/mol. The van der Waals surface area contributed by atoms with E-state index < -0.39 is 11.6 Å². The van der Waals surface area contributed by atoms with E-state index in [-0.39, 0.29) is 0 Å². The largest absolute Gasteiger partial charge is 0.298 e. The van der Waals surface area contributed by atoms with Crippen molar-refractivity contribution in [3.63, 3.8) is 0 Å². The van der Waals surface area contributed by atoms with Gasteiger partial charge in [0.2, 0.25) is 0 Å². The molecule has 0 aliphatic rings. The second-order valence-electron chi connectivity index (χ2n) is 6.10. The lowest BCUT2D eigenvalue weighted by Gasteiger charge is -2.03. The Bertz CT molecular complexity index is 990. The Balaban J connectivity index is 0.000000167. The summed E-state index contributed by atoms with van der Waals surface area (Å²) in [5.74, 6) is -1.22. The maximum Gasteiger partial charge on any atom is 0.150 e. The molecule has 0 amide bonds.